The van der Waals surface area contributed by atoms with Gasteiger partial charge in [0.2, 0.25) is 0 Å². The summed E-state index contributed by atoms with van der Waals surface area (Å²) in [5.41, 5.74) is -0.737. The Morgan fingerprint density at radius 2 is 2.00 bits per heavy atom. The van der Waals surface area contributed by atoms with Crippen molar-refractivity contribution < 1.29 is 24.5 Å². The van der Waals surface area contributed by atoms with E-state index in [2.05, 4.69) is 22.9 Å². The molecular weight excluding hydrogens is 448 g/mol. The molecule has 0 amide bonds. The third-order valence-corrected chi connectivity index (χ3v) is 6.19. The van der Waals surface area contributed by atoms with E-state index in [0.29, 0.717) is 27.4 Å². The van der Waals surface area contributed by atoms with Crippen LogP contribution in [0.1, 0.15) is 38.7 Å². The van der Waals surface area contributed by atoms with Gasteiger partial charge in [-0.3, -0.25) is 4.79 Å². The molecule has 2 rings (SSSR count). The second kappa shape index (κ2) is 9.61. The molecule has 7 heteroatoms. The summed E-state index contributed by atoms with van der Waals surface area (Å²) < 4.78 is 6.06. The molecule has 1 aromatic rings. The summed E-state index contributed by atoms with van der Waals surface area (Å²) in [7, 11) is 0. The smallest absolute Gasteiger partial charge is 0.333 e. The highest BCUT2D eigenvalue weighted by molar-refractivity contribution is 9.12. The molecule has 0 saturated carbocycles. The van der Waals surface area contributed by atoms with E-state index >= 15 is 0 Å². The van der Waals surface area contributed by atoms with Gasteiger partial charge in [0.1, 0.15) is 5.75 Å². The first-order chi connectivity index (χ1) is 13.2. The molecular formula is C21H24BrClO5. The number of benzene rings is 1. The fourth-order valence-corrected chi connectivity index (χ4v) is 4.25. The molecule has 0 spiro atoms. The third kappa shape index (κ3) is 4.78. The van der Waals surface area contributed by atoms with Gasteiger partial charge in [0, 0.05) is 15.4 Å². The predicted molar refractivity (Wildman–Crippen MR) is 112 cm³/mol. The Bertz CT molecular complexity index is 817. The minimum atomic E-state index is -1.40. The maximum absolute atomic E-state index is 12.2. The number of allylic oxidation sites excluding steroid dienone is 2. The number of aliphatic carboxylic acids is 2. The molecule has 1 aromatic carbocycles. The summed E-state index contributed by atoms with van der Waals surface area (Å²) in [5, 5.41) is 19.9. The summed E-state index contributed by atoms with van der Waals surface area (Å²) in [5.74, 6) is -2.35. The summed E-state index contributed by atoms with van der Waals surface area (Å²) in [6, 6.07) is 5.19. The minimum Gasteiger partial charge on any atom is -0.494 e. The van der Waals surface area contributed by atoms with Gasteiger partial charge in [-0.15, -0.1) is 0 Å². The van der Waals surface area contributed by atoms with Gasteiger partial charge < -0.3 is 14.9 Å². The van der Waals surface area contributed by atoms with Crippen LogP contribution in [0.15, 0.2) is 40.4 Å². The van der Waals surface area contributed by atoms with Gasteiger partial charge >= 0.3 is 11.9 Å². The summed E-state index contributed by atoms with van der Waals surface area (Å²) >= 11 is 9.61. The lowest BCUT2D eigenvalue weighted by Crippen LogP contribution is -2.41. The molecule has 0 aliphatic heterocycles. The summed E-state index contributed by atoms with van der Waals surface area (Å²) in [4.78, 5) is 23.8. The quantitative estimate of drug-likeness (QED) is 0.467. The number of ether oxygens (including phenoxy) is 1. The van der Waals surface area contributed by atoms with E-state index in [-0.39, 0.29) is 12.0 Å². The Morgan fingerprint density at radius 1 is 1.29 bits per heavy atom. The molecule has 0 aromatic heterocycles. The van der Waals surface area contributed by atoms with Crippen LogP contribution in [0.2, 0.25) is 5.02 Å². The number of unbranched alkanes of at least 4 members (excludes halogenated alkanes) is 2. The van der Waals surface area contributed by atoms with Crippen molar-refractivity contribution in [1.29, 1.82) is 0 Å². The normalized spacial score (nSPS) is 21.6. The Hall–Kier alpha value is -1.79. The van der Waals surface area contributed by atoms with Crippen LogP contribution >= 0.6 is 27.5 Å². The Morgan fingerprint density at radius 3 is 2.57 bits per heavy atom. The first kappa shape index (κ1) is 22.5. The number of rotatable bonds is 9. The zero-order valence-corrected chi connectivity index (χ0v) is 18.2. The van der Waals surface area contributed by atoms with Crippen LogP contribution in [0.4, 0.5) is 0 Å². The number of carboxylic acid groups (broad SMARTS) is 2. The topological polar surface area (TPSA) is 83.8 Å². The standard InChI is InChI=1S/C21H24BrClO5/c1-3-4-5-10-28-15-7-6-14(17(23)11-15)12-21(20(26)27)9-8-16(22)18(13(21)2)19(24)25/h6-9,11,13H,3-5,10,12H2,1-2H3,(H,24,25)(H,26,27). The van der Waals surface area contributed by atoms with Gasteiger partial charge in [0.05, 0.1) is 17.6 Å². The van der Waals surface area contributed by atoms with Gasteiger partial charge in [-0.25, -0.2) is 4.79 Å². The fourth-order valence-electron chi connectivity index (χ4n) is 3.37. The number of carboxylic acids is 2. The molecule has 1 aliphatic carbocycles. The summed E-state index contributed by atoms with van der Waals surface area (Å²) in [6.07, 6.45) is 6.27. The Labute approximate surface area is 178 Å². The number of hydrogen-bond donors (Lipinski definition) is 2. The van der Waals surface area contributed by atoms with E-state index in [4.69, 9.17) is 16.3 Å². The lowest BCUT2D eigenvalue weighted by molar-refractivity contribution is -0.148. The lowest BCUT2D eigenvalue weighted by atomic mass is 9.66. The van der Waals surface area contributed by atoms with Crippen molar-refractivity contribution in [3.8, 4) is 5.75 Å². The number of halogens is 2. The zero-order valence-electron chi connectivity index (χ0n) is 15.9. The molecule has 0 heterocycles. The largest absolute Gasteiger partial charge is 0.494 e. The van der Waals surface area contributed by atoms with E-state index in [0.717, 1.165) is 19.3 Å². The van der Waals surface area contributed by atoms with Crippen LogP contribution in [0.5, 0.6) is 5.75 Å². The average Bonchev–Trinajstić information content (AvgIpc) is 2.62. The minimum absolute atomic E-state index is 0.0388. The molecule has 0 fully saturated rings. The Balaban J connectivity index is 2.27. The maximum atomic E-state index is 12.2. The van der Waals surface area contributed by atoms with Gasteiger partial charge in [0.25, 0.3) is 0 Å². The van der Waals surface area contributed by atoms with Crippen molar-refractivity contribution in [1.82, 2.24) is 0 Å². The molecule has 0 radical (unpaired) electrons. The van der Waals surface area contributed by atoms with E-state index < -0.39 is 23.3 Å². The molecule has 2 atom stereocenters. The zero-order chi connectivity index (χ0) is 20.9. The molecule has 28 heavy (non-hydrogen) atoms. The van der Waals surface area contributed by atoms with E-state index in [1.54, 1.807) is 31.2 Å². The number of hydrogen-bond acceptors (Lipinski definition) is 3. The van der Waals surface area contributed by atoms with Crippen LogP contribution in [-0.2, 0) is 16.0 Å². The first-order valence-corrected chi connectivity index (χ1v) is 10.4. The SMILES string of the molecule is CCCCCOc1ccc(CC2(C(=O)O)C=CC(Br)=C(C(=O)O)C2C)c(Cl)c1. The van der Waals surface area contributed by atoms with Gasteiger partial charge in [-0.1, -0.05) is 72.4 Å². The van der Waals surface area contributed by atoms with Crippen LogP contribution in [0.3, 0.4) is 0 Å². The molecule has 0 saturated heterocycles. The predicted octanol–water partition coefficient (Wildman–Crippen LogP) is 5.46. The second-order valence-corrected chi connectivity index (χ2v) is 8.21. The number of carbonyl (C=O) groups is 2. The highest BCUT2D eigenvalue weighted by atomic mass is 79.9. The van der Waals surface area contributed by atoms with Crippen LogP contribution in [0, 0.1) is 11.3 Å². The third-order valence-electron chi connectivity index (χ3n) is 5.14. The van der Waals surface area contributed by atoms with Crippen molar-refractivity contribution in [2.45, 2.75) is 39.5 Å². The first-order valence-electron chi connectivity index (χ1n) is 9.19. The molecule has 2 unspecified atom stereocenters. The highest BCUT2D eigenvalue weighted by Gasteiger charge is 2.47. The highest BCUT2D eigenvalue weighted by Crippen LogP contribution is 2.45. The Kier molecular flexibility index (Phi) is 7.72. The van der Waals surface area contributed by atoms with Crippen molar-refractivity contribution in [3.63, 3.8) is 0 Å². The molecule has 152 valence electrons. The molecule has 2 N–H and O–H groups in total. The molecule has 0 bridgehead atoms. The van der Waals surface area contributed by atoms with Gasteiger partial charge in [-0.2, -0.15) is 0 Å². The van der Waals surface area contributed by atoms with Crippen molar-refractivity contribution in [3.05, 3.63) is 51.0 Å². The van der Waals surface area contributed by atoms with Crippen LogP contribution in [-0.4, -0.2) is 28.8 Å². The van der Waals surface area contributed by atoms with E-state index in [1.807, 2.05) is 0 Å². The van der Waals surface area contributed by atoms with Crippen molar-refractivity contribution in [2.24, 2.45) is 11.3 Å². The van der Waals surface area contributed by atoms with Crippen molar-refractivity contribution >= 4 is 39.5 Å². The van der Waals surface area contributed by atoms with E-state index in [9.17, 15) is 19.8 Å². The van der Waals surface area contributed by atoms with Gasteiger partial charge in [0.15, 0.2) is 0 Å². The average molecular weight is 472 g/mol. The monoisotopic (exact) mass is 470 g/mol. The van der Waals surface area contributed by atoms with Crippen LogP contribution < -0.4 is 4.74 Å². The summed E-state index contributed by atoms with van der Waals surface area (Å²) in [6.45, 7) is 4.33. The van der Waals surface area contributed by atoms with Gasteiger partial charge in [-0.05, 0) is 30.5 Å². The molecule has 1 aliphatic rings. The maximum Gasteiger partial charge on any atom is 0.333 e. The molecule has 5 nitrogen and oxygen atoms in total. The second-order valence-electron chi connectivity index (χ2n) is 6.95. The van der Waals surface area contributed by atoms with Crippen molar-refractivity contribution in [2.75, 3.05) is 6.61 Å². The van der Waals surface area contributed by atoms with E-state index in [1.165, 1.54) is 6.08 Å². The van der Waals surface area contributed by atoms with Crippen LogP contribution in [0.25, 0.3) is 0 Å². The lowest BCUT2D eigenvalue weighted by Gasteiger charge is -2.36. The fraction of sp³-hybridized carbons (Fsp3) is 0.429.